The fourth-order valence-corrected chi connectivity index (χ4v) is 1.22. The zero-order valence-electron chi connectivity index (χ0n) is 5.48. The van der Waals surface area contributed by atoms with Crippen molar-refractivity contribution in [3.8, 4) is 11.5 Å². The molecule has 0 amide bonds. The zero-order valence-corrected chi connectivity index (χ0v) is 7.36. The summed E-state index contributed by atoms with van der Waals surface area (Å²) in [6.07, 6.45) is 0. The first-order valence-electron chi connectivity index (χ1n) is 2.59. The number of phenols is 2. The summed E-state index contributed by atoms with van der Waals surface area (Å²) in [6.45, 7) is 0. The van der Waals surface area contributed by atoms with Crippen LogP contribution in [0.3, 0.4) is 0 Å². The molecule has 0 fully saturated rings. The molecular formula is C6H7AsO4. The Balaban J connectivity index is 0.000001000. The normalized spacial score (nSPS) is 9.09. The SMILES string of the molecule is O.O=[As]c1ccc(O)c(O)c1. The third-order valence-electron chi connectivity index (χ3n) is 1.06. The van der Waals surface area contributed by atoms with Gasteiger partial charge >= 0.3 is 63.7 Å². The van der Waals surface area contributed by atoms with E-state index in [1.54, 1.807) is 0 Å². The molecule has 1 aromatic rings. The quantitative estimate of drug-likeness (QED) is 0.465. The molecule has 5 heteroatoms. The van der Waals surface area contributed by atoms with Crippen molar-refractivity contribution >= 4 is 20.0 Å². The number of aromatic hydroxyl groups is 2. The predicted molar refractivity (Wildman–Crippen MR) is 39.5 cm³/mol. The average molecular weight is 218 g/mol. The van der Waals surface area contributed by atoms with E-state index in [1.807, 2.05) is 0 Å². The number of hydrogen-bond donors (Lipinski definition) is 2. The minimum absolute atomic E-state index is 0. The molecule has 0 saturated heterocycles. The molecule has 4 nitrogen and oxygen atoms in total. The van der Waals surface area contributed by atoms with Gasteiger partial charge in [0.25, 0.3) is 0 Å². The van der Waals surface area contributed by atoms with Gasteiger partial charge in [0.05, 0.1) is 0 Å². The molecule has 0 aromatic heterocycles. The second kappa shape index (κ2) is 4.11. The molecule has 60 valence electrons. The van der Waals surface area contributed by atoms with E-state index in [1.165, 1.54) is 18.2 Å². The van der Waals surface area contributed by atoms with Crippen molar-refractivity contribution in [1.82, 2.24) is 0 Å². The Bertz CT molecular complexity index is 261. The molecule has 0 bridgehead atoms. The average Bonchev–Trinajstić information content (AvgIpc) is 1.95. The first kappa shape index (κ1) is 10.1. The Kier molecular flexibility index (Phi) is 3.79. The zero-order chi connectivity index (χ0) is 7.56. The van der Waals surface area contributed by atoms with Crippen molar-refractivity contribution in [2.45, 2.75) is 0 Å². The Hall–Kier alpha value is -0.862. The number of phenolic OH excluding ortho intramolecular Hbond substituents is 2. The summed E-state index contributed by atoms with van der Waals surface area (Å²) in [6, 6.07) is 4.13. The molecule has 11 heavy (non-hydrogen) atoms. The standard InChI is InChI=1S/C6H5AsO3.H2O/c8-5-2-1-4(7-10)3-6(5)9;/h1-3,8-9H;1H2. The second-order valence-electron chi connectivity index (χ2n) is 1.76. The molecule has 0 aliphatic rings. The third kappa shape index (κ3) is 2.33. The van der Waals surface area contributed by atoms with Crippen LogP contribution < -0.4 is 4.35 Å². The van der Waals surface area contributed by atoms with Gasteiger partial charge in [-0.05, 0) is 0 Å². The Morgan fingerprint density at radius 2 is 1.82 bits per heavy atom. The van der Waals surface area contributed by atoms with Crippen LogP contribution in [0.15, 0.2) is 18.2 Å². The minimum atomic E-state index is -1.11. The van der Waals surface area contributed by atoms with Crippen LogP contribution in [0.1, 0.15) is 0 Å². The number of rotatable bonds is 1. The summed E-state index contributed by atoms with van der Waals surface area (Å²) in [5.74, 6) is -0.401. The van der Waals surface area contributed by atoms with Crippen molar-refractivity contribution < 1.29 is 19.4 Å². The summed E-state index contributed by atoms with van der Waals surface area (Å²) in [7, 11) is 0. The molecule has 1 aromatic carbocycles. The summed E-state index contributed by atoms with van der Waals surface area (Å²) in [5, 5.41) is 17.7. The van der Waals surface area contributed by atoms with Gasteiger partial charge in [-0.3, -0.25) is 0 Å². The summed E-state index contributed by atoms with van der Waals surface area (Å²) < 4.78 is 10.9. The maximum atomic E-state index is 10.3. The van der Waals surface area contributed by atoms with Gasteiger partial charge in [0, 0.05) is 0 Å². The van der Waals surface area contributed by atoms with Gasteiger partial charge in [-0.25, -0.2) is 0 Å². The van der Waals surface area contributed by atoms with Crippen molar-refractivity contribution in [2.24, 2.45) is 0 Å². The van der Waals surface area contributed by atoms with Crippen LogP contribution >= 0.6 is 0 Å². The fraction of sp³-hybridized carbons (Fsp3) is 0. The first-order valence-corrected chi connectivity index (χ1v) is 4.30. The molecule has 0 aliphatic carbocycles. The molecule has 0 spiro atoms. The van der Waals surface area contributed by atoms with Gasteiger partial charge in [-0.2, -0.15) is 0 Å². The summed E-state index contributed by atoms with van der Waals surface area (Å²) >= 11 is -1.11. The number of hydrogen-bond acceptors (Lipinski definition) is 3. The van der Waals surface area contributed by atoms with Gasteiger partial charge in [0.2, 0.25) is 0 Å². The van der Waals surface area contributed by atoms with Crippen LogP contribution in [-0.4, -0.2) is 31.4 Å². The van der Waals surface area contributed by atoms with Crippen molar-refractivity contribution in [3.63, 3.8) is 0 Å². The van der Waals surface area contributed by atoms with Gasteiger partial charge in [-0.1, -0.05) is 0 Å². The molecule has 1 rings (SSSR count). The van der Waals surface area contributed by atoms with E-state index in [9.17, 15) is 3.74 Å². The van der Waals surface area contributed by atoms with E-state index in [-0.39, 0.29) is 17.0 Å². The molecular weight excluding hydrogens is 211 g/mol. The van der Waals surface area contributed by atoms with Crippen molar-refractivity contribution in [2.75, 3.05) is 0 Å². The predicted octanol–water partition coefficient (Wildman–Crippen LogP) is -1.05. The van der Waals surface area contributed by atoms with E-state index in [0.29, 0.717) is 4.35 Å². The van der Waals surface area contributed by atoms with Gasteiger partial charge < -0.3 is 5.48 Å². The molecule has 0 saturated carbocycles. The van der Waals surface area contributed by atoms with Gasteiger partial charge in [0.1, 0.15) is 0 Å². The fourth-order valence-electron chi connectivity index (χ4n) is 0.569. The van der Waals surface area contributed by atoms with Crippen molar-refractivity contribution in [3.05, 3.63) is 18.2 Å². The monoisotopic (exact) mass is 218 g/mol. The summed E-state index contributed by atoms with van der Waals surface area (Å²) in [4.78, 5) is 0. The third-order valence-corrected chi connectivity index (χ3v) is 2.09. The Morgan fingerprint density at radius 3 is 2.27 bits per heavy atom. The molecule has 0 heterocycles. The first-order chi connectivity index (χ1) is 4.74. The Labute approximate surface area is 69.7 Å². The van der Waals surface area contributed by atoms with Crippen LogP contribution in [0.25, 0.3) is 0 Å². The molecule has 4 N–H and O–H groups in total. The van der Waals surface area contributed by atoms with Gasteiger partial charge in [-0.15, -0.1) is 0 Å². The Morgan fingerprint density at radius 1 is 1.18 bits per heavy atom. The van der Waals surface area contributed by atoms with Gasteiger partial charge in [0.15, 0.2) is 0 Å². The second-order valence-corrected chi connectivity index (χ2v) is 3.23. The van der Waals surface area contributed by atoms with Crippen LogP contribution in [0.2, 0.25) is 0 Å². The summed E-state index contributed by atoms with van der Waals surface area (Å²) in [5.41, 5.74) is 0. The van der Waals surface area contributed by atoms with E-state index in [4.69, 9.17) is 10.2 Å². The molecule has 0 aliphatic heterocycles. The van der Waals surface area contributed by atoms with Crippen LogP contribution in [-0.2, 0) is 3.74 Å². The van der Waals surface area contributed by atoms with E-state index >= 15 is 0 Å². The van der Waals surface area contributed by atoms with E-state index in [2.05, 4.69) is 0 Å². The van der Waals surface area contributed by atoms with Crippen LogP contribution in [0.4, 0.5) is 0 Å². The molecule has 0 atom stereocenters. The van der Waals surface area contributed by atoms with Crippen LogP contribution in [0.5, 0.6) is 11.5 Å². The van der Waals surface area contributed by atoms with Crippen molar-refractivity contribution in [1.29, 1.82) is 0 Å². The maximum absolute atomic E-state index is 10.3. The van der Waals surface area contributed by atoms with E-state index in [0.717, 1.165) is 0 Å². The number of benzene rings is 1. The molecule has 0 unspecified atom stereocenters. The topological polar surface area (TPSA) is 89.0 Å². The van der Waals surface area contributed by atoms with E-state index < -0.39 is 15.7 Å². The molecule has 0 radical (unpaired) electrons. The van der Waals surface area contributed by atoms with Crippen LogP contribution in [0, 0.1) is 0 Å².